The molecule has 0 saturated heterocycles. The molecule has 1 amide bonds. The zero-order chi connectivity index (χ0) is 13.4. The number of hydrogen-bond donors (Lipinski definition) is 3. The normalized spacial score (nSPS) is 15.4. The molecule has 17 heavy (non-hydrogen) atoms. The van der Waals surface area contributed by atoms with Crippen LogP contribution in [0.4, 0.5) is 0 Å². The number of rotatable bonds is 7. The number of carbonyl (C=O) groups excluding carboxylic acids is 1. The van der Waals surface area contributed by atoms with Crippen molar-refractivity contribution >= 4 is 11.7 Å². The molecule has 6 heteroatoms. The van der Waals surface area contributed by atoms with Gasteiger partial charge in [0.25, 0.3) is 0 Å². The van der Waals surface area contributed by atoms with Gasteiger partial charge < -0.3 is 21.2 Å². The molecule has 0 aromatic heterocycles. The number of nitrogens with one attached hydrogen (secondary N) is 1. The maximum Gasteiger partial charge on any atom is 0.239 e. The van der Waals surface area contributed by atoms with Crippen molar-refractivity contribution in [3.8, 4) is 0 Å². The number of likely N-dealkylation sites (N-methyl/N-ethyl adjacent to an activating group) is 1. The lowest BCUT2D eigenvalue weighted by Gasteiger charge is -2.24. The van der Waals surface area contributed by atoms with Gasteiger partial charge in [-0.3, -0.25) is 4.79 Å². The Morgan fingerprint density at radius 3 is 2.35 bits per heavy atom. The number of hydrogen-bond acceptors (Lipinski definition) is 4. The number of carbonyl (C=O) groups is 1. The van der Waals surface area contributed by atoms with Crippen LogP contribution in [0.15, 0.2) is 5.16 Å². The van der Waals surface area contributed by atoms with E-state index in [1.54, 1.807) is 4.90 Å². The van der Waals surface area contributed by atoms with E-state index in [0.717, 1.165) is 0 Å². The number of nitrogens with two attached hydrogens (primary N) is 1. The minimum absolute atomic E-state index is 0.0710. The van der Waals surface area contributed by atoms with Crippen molar-refractivity contribution in [2.45, 2.75) is 33.7 Å². The van der Waals surface area contributed by atoms with Gasteiger partial charge in [0, 0.05) is 25.6 Å². The molecule has 100 valence electrons. The van der Waals surface area contributed by atoms with Crippen LogP contribution >= 0.6 is 0 Å². The van der Waals surface area contributed by atoms with Gasteiger partial charge in [0.15, 0.2) is 0 Å². The van der Waals surface area contributed by atoms with Crippen molar-refractivity contribution in [2.24, 2.45) is 16.8 Å². The molecule has 2 unspecified atom stereocenters. The van der Waals surface area contributed by atoms with Crippen LogP contribution in [0.25, 0.3) is 0 Å². The molecule has 0 rings (SSSR count). The summed E-state index contributed by atoms with van der Waals surface area (Å²) in [6.07, 6.45) is 0. The second-order valence-electron chi connectivity index (χ2n) is 4.07. The molecule has 0 aliphatic heterocycles. The van der Waals surface area contributed by atoms with Crippen LogP contribution in [0.3, 0.4) is 0 Å². The molecule has 0 aromatic carbocycles. The van der Waals surface area contributed by atoms with Gasteiger partial charge >= 0.3 is 0 Å². The van der Waals surface area contributed by atoms with E-state index in [1.807, 2.05) is 27.7 Å². The minimum atomic E-state index is -0.260. The average molecular weight is 244 g/mol. The topological polar surface area (TPSA) is 91.0 Å². The Bertz CT molecular complexity index is 264. The van der Waals surface area contributed by atoms with E-state index in [1.165, 1.54) is 0 Å². The van der Waals surface area contributed by atoms with E-state index in [4.69, 9.17) is 10.9 Å². The minimum Gasteiger partial charge on any atom is -0.409 e. The van der Waals surface area contributed by atoms with Gasteiger partial charge in [0.05, 0.1) is 6.04 Å². The van der Waals surface area contributed by atoms with Crippen LogP contribution in [-0.2, 0) is 4.79 Å². The van der Waals surface area contributed by atoms with Gasteiger partial charge in [-0.25, -0.2) is 0 Å². The molecular weight excluding hydrogens is 220 g/mol. The van der Waals surface area contributed by atoms with E-state index in [-0.39, 0.29) is 23.7 Å². The molecule has 0 radical (unpaired) electrons. The third kappa shape index (κ3) is 5.04. The second kappa shape index (κ2) is 7.89. The summed E-state index contributed by atoms with van der Waals surface area (Å²) in [6.45, 7) is 9.47. The van der Waals surface area contributed by atoms with Gasteiger partial charge in [-0.1, -0.05) is 12.1 Å². The predicted molar refractivity (Wildman–Crippen MR) is 68.0 cm³/mol. The van der Waals surface area contributed by atoms with Crippen molar-refractivity contribution < 1.29 is 10.0 Å². The third-order valence-electron chi connectivity index (χ3n) is 2.80. The lowest BCUT2D eigenvalue weighted by molar-refractivity contribution is -0.132. The maximum atomic E-state index is 11.9. The number of oxime groups is 1. The fourth-order valence-electron chi connectivity index (χ4n) is 1.45. The summed E-state index contributed by atoms with van der Waals surface area (Å²) in [7, 11) is 0. The first-order valence-electron chi connectivity index (χ1n) is 5.97. The van der Waals surface area contributed by atoms with Crippen LogP contribution in [0.5, 0.6) is 0 Å². The molecule has 4 N–H and O–H groups in total. The summed E-state index contributed by atoms with van der Waals surface area (Å²) in [5.41, 5.74) is 5.46. The van der Waals surface area contributed by atoms with Crippen molar-refractivity contribution in [1.82, 2.24) is 10.2 Å². The van der Waals surface area contributed by atoms with Crippen LogP contribution in [0.1, 0.15) is 27.7 Å². The number of amidine groups is 1. The van der Waals surface area contributed by atoms with Gasteiger partial charge in [-0.15, -0.1) is 0 Å². The largest absolute Gasteiger partial charge is 0.409 e. The Morgan fingerprint density at radius 2 is 1.94 bits per heavy atom. The van der Waals surface area contributed by atoms with E-state index in [9.17, 15) is 4.79 Å². The molecular formula is C11H24N4O2. The average Bonchev–Trinajstić information content (AvgIpc) is 2.35. The first-order valence-corrected chi connectivity index (χ1v) is 5.97. The first kappa shape index (κ1) is 15.7. The van der Waals surface area contributed by atoms with Gasteiger partial charge in [-0.2, -0.15) is 0 Å². The fraction of sp³-hybridized carbons (Fsp3) is 0.818. The Kier molecular flexibility index (Phi) is 7.29. The maximum absolute atomic E-state index is 11.9. The first-order chi connectivity index (χ1) is 7.97. The molecule has 0 aliphatic carbocycles. The molecule has 0 bridgehead atoms. The standard InChI is InChI=1S/C11H24N4O2/c1-5-15(6-2)11(16)9(4)13-7-8(3)10(12)14-17/h8-9,13,17H,5-7H2,1-4H3,(H2,12,14). The highest BCUT2D eigenvalue weighted by Crippen LogP contribution is 1.97. The zero-order valence-electron chi connectivity index (χ0n) is 11.1. The van der Waals surface area contributed by atoms with Crippen LogP contribution in [0.2, 0.25) is 0 Å². The van der Waals surface area contributed by atoms with Crippen molar-refractivity contribution in [2.75, 3.05) is 19.6 Å². The molecule has 2 atom stereocenters. The summed E-state index contributed by atoms with van der Waals surface area (Å²) in [5.74, 6) is 0.133. The summed E-state index contributed by atoms with van der Waals surface area (Å²) < 4.78 is 0. The smallest absolute Gasteiger partial charge is 0.239 e. The molecule has 0 spiro atoms. The molecule has 0 aromatic rings. The third-order valence-corrected chi connectivity index (χ3v) is 2.80. The van der Waals surface area contributed by atoms with Gasteiger partial charge in [0.2, 0.25) is 5.91 Å². The Hall–Kier alpha value is -1.30. The lowest BCUT2D eigenvalue weighted by Crippen LogP contribution is -2.46. The Morgan fingerprint density at radius 1 is 1.41 bits per heavy atom. The SMILES string of the molecule is CCN(CC)C(=O)C(C)NCC(C)C(N)=NO. The number of amides is 1. The fourth-order valence-corrected chi connectivity index (χ4v) is 1.45. The van der Waals surface area contributed by atoms with E-state index < -0.39 is 0 Å². The number of nitrogens with zero attached hydrogens (tertiary/aromatic N) is 2. The highest BCUT2D eigenvalue weighted by molar-refractivity contribution is 5.83. The van der Waals surface area contributed by atoms with Crippen LogP contribution in [0, 0.1) is 5.92 Å². The quantitative estimate of drug-likeness (QED) is 0.258. The molecule has 6 nitrogen and oxygen atoms in total. The van der Waals surface area contributed by atoms with Gasteiger partial charge in [-0.05, 0) is 20.8 Å². The Labute approximate surface area is 103 Å². The highest BCUT2D eigenvalue weighted by atomic mass is 16.4. The summed E-state index contributed by atoms with van der Waals surface area (Å²) in [5, 5.41) is 14.5. The molecule has 0 heterocycles. The monoisotopic (exact) mass is 244 g/mol. The van der Waals surface area contributed by atoms with E-state index in [0.29, 0.717) is 19.6 Å². The summed E-state index contributed by atoms with van der Waals surface area (Å²) in [4.78, 5) is 13.7. The molecule has 0 fully saturated rings. The molecule has 0 aliphatic rings. The van der Waals surface area contributed by atoms with Crippen LogP contribution in [-0.4, -0.2) is 47.5 Å². The van der Waals surface area contributed by atoms with Gasteiger partial charge in [0.1, 0.15) is 5.84 Å². The zero-order valence-corrected chi connectivity index (χ0v) is 11.1. The van der Waals surface area contributed by atoms with Crippen LogP contribution < -0.4 is 11.1 Å². The summed E-state index contributed by atoms with van der Waals surface area (Å²) in [6, 6.07) is -0.260. The molecule has 0 saturated carbocycles. The van der Waals surface area contributed by atoms with Crippen molar-refractivity contribution in [3.05, 3.63) is 0 Å². The predicted octanol–water partition coefficient (Wildman–Crippen LogP) is 0.215. The summed E-state index contributed by atoms with van der Waals surface area (Å²) >= 11 is 0. The van der Waals surface area contributed by atoms with Crippen molar-refractivity contribution in [3.63, 3.8) is 0 Å². The van der Waals surface area contributed by atoms with Crippen molar-refractivity contribution in [1.29, 1.82) is 0 Å². The van der Waals surface area contributed by atoms with E-state index in [2.05, 4.69) is 10.5 Å². The Balaban J connectivity index is 4.18. The lowest BCUT2D eigenvalue weighted by atomic mass is 10.1. The second-order valence-corrected chi connectivity index (χ2v) is 4.07. The van der Waals surface area contributed by atoms with E-state index >= 15 is 0 Å². The highest BCUT2D eigenvalue weighted by Gasteiger charge is 2.18.